The topological polar surface area (TPSA) is 78.8 Å². The van der Waals surface area contributed by atoms with Crippen molar-refractivity contribution in [3.63, 3.8) is 0 Å². The minimum atomic E-state index is -0.0968. The van der Waals surface area contributed by atoms with E-state index in [1.54, 1.807) is 12.5 Å². The minimum Gasteiger partial charge on any atom is -0.346 e. The van der Waals surface area contributed by atoms with E-state index in [4.69, 9.17) is 0 Å². The number of likely N-dealkylation sites (N-methyl/N-ethyl adjacent to an activating group) is 1. The van der Waals surface area contributed by atoms with Crippen molar-refractivity contribution in [2.24, 2.45) is 7.05 Å². The predicted molar refractivity (Wildman–Crippen MR) is 90.8 cm³/mol. The Kier molecular flexibility index (Phi) is 3.57. The molecule has 0 bridgehead atoms. The van der Waals surface area contributed by atoms with Gasteiger partial charge in [0.1, 0.15) is 11.3 Å². The van der Waals surface area contributed by atoms with Crippen LogP contribution >= 0.6 is 0 Å². The van der Waals surface area contributed by atoms with Crippen molar-refractivity contribution >= 4 is 16.9 Å². The van der Waals surface area contributed by atoms with Crippen LogP contribution in [-0.2, 0) is 7.05 Å². The van der Waals surface area contributed by atoms with E-state index in [2.05, 4.69) is 32.2 Å². The fraction of sp³-hybridized carbons (Fsp3) is 0.353. The van der Waals surface area contributed by atoms with Crippen molar-refractivity contribution < 1.29 is 4.79 Å². The summed E-state index contributed by atoms with van der Waals surface area (Å²) < 4.78 is 2.02. The molecule has 1 aliphatic rings. The lowest BCUT2D eigenvalue weighted by molar-refractivity contribution is 0.0931. The number of rotatable bonds is 3. The van der Waals surface area contributed by atoms with Gasteiger partial charge < -0.3 is 19.8 Å². The summed E-state index contributed by atoms with van der Waals surface area (Å²) in [7, 11) is 4.06. The number of amides is 1. The lowest BCUT2D eigenvalue weighted by Crippen LogP contribution is -2.40. The highest BCUT2D eigenvalue weighted by Gasteiger charge is 2.35. The standard InChI is InChI=1S/C17H20N6O/c1-22-8-12(15-7-18-10-23(15)2)14(9-22)21-17(24)13-6-11-4-3-5-19-16(11)20-13/h3-7,10,12,14H,8-9H2,1-2H3,(H,19,20)(H,21,24)/t12-,14-/m1/s1. The van der Waals surface area contributed by atoms with E-state index < -0.39 is 0 Å². The summed E-state index contributed by atoms with van der Waals surface area (Å²) in [6, 6.07) is 5.70. The molecule has 0 spiro atoms. The monoisotopic (exact) mass is 324 g/mol. The molecule has 2 N–H and O–H groups in total. The van der Waals surface area contributed by atoms with Crippen molar-refractivity contribution in [1.29, 1.82) is 0 Å². The van der Waals surface area contributed by atoms with Gasteiger partial charge in [0.05, 0.1) is 12.4 Å². The van der Waals surface area contributed by atoms with Crippen LogP contribution in [0.1, 0.15) is 22.1 Å². The van der Waals surface area contributed by atoms with Crippen molar-refractivity contribution in [2.45, 2.75) is 12.0 Å². The number of pyridine rings is 1. The van der Waals surface area contributed by atoms with Gasteiger partial charge in [-0.25, -0.2) is 9.97 Å². The molecule has 1 amide bonds. The normalized spacial score (nSPS) is 21.4. The molecule has 24 heavy (non-hydrogen) atoms. The molecule has 1 saturated heterocycles. The predicted octanol–water partition coefficient (Wildman–Crippen LogP) is 1.12. The fourth-order valence-corrected chi connectivity index (χ4v) is 3.50. The van der Waals surface area contributed by atoms with Crippen LogP contribution in [0, 0.1) is 0 Å². The van der Waals surface area contributed by atoms with Crippen LogP contribution in [0.3, 0.4) is 0 Å². The largest absolute Gasteiger partial charge is 0.346 e. The maximum atomic E-state index is 12.7. The Morgan fingerprint density at radius 2 is 2.25 bits per heavy atom. The molecule has 0 aromatic carbocycles. The highest BCUT2D eigenvalue weighted by Crippen LogP contribution is 2.26. The summed E-state index contributed by atoms with van der Waals surface area (Å²) in [6.45, 7) is 1.72. The van der Waals surface area contributed by atoms with Gasteiger partial charge in [0, 0.05) is 49.5 Å². The second-order valence-corrected chi connectivity index (χ2v) is 6.46. The molecule has 3 aromatic heterocycles. The number of aromatic nitrogens is 4. The Morgan fingerprint density at radius 1 is 1.38 bits per heavy atom. The number of nitrogens with one attached hydrogen (secondary N) is 2. The first kappa shape index (κ1) is 14.9. The molecule has 0 aliphatic carbocycles. The summed E-state index contributed by atoms with van der Waals surface area (Å²) in [5.74, 6) is 0.134. The highest BCUT2D eigenvalue weighted by molar-refractivity contribution is 5.97. The summed E-state index contributed by atoms with van der Waals surface area (Å²) in [5, 5.41) is 4.11. The van der Waals surface area contributed by atoms with E-state index in [0.29, 0.717) is 5.69 Å². The summed E-state index contributed by atoms with van der Waals surface area (Å²) in [4.78, 5) is 26.4. The number of hydrogen-bond donors (Lipinski definition) is 2. The van der Waals surface area contributed by atoms with Crippen LogP contribution in [0.5, 0.6) is 0 Å². The van der Waals surface area contributed by atoms with Gasteiger partial charge in [-0.1, -0.05) is 0 Å². The first-order chi connectivity index (χ1) is 11.6. The SMILES string of the molecule is CN1C[C@@H](NC(=O)c2cc3cccnc3[nH]2)[C@H](c2cncn2C)C1. The first-order valence-corrected chi connectivity index (χ1v) is 8.01. The van der Waals surface area contributed by atoms with E-state index in [1.165, 1.54) is 0 Å². The summed E-state index contributed by atoms with van der Waals surface area (Å²) in [5.41, 5.74) is 2.42. The molecule has 124 valence electrons. The summed E-state index contributed by atoms with van der Waals surface area (Å²) in [6.07, 6.45) is 5.40. The lowest BCUT2D eigenvalue weighted by Gasteiger charge is -2.20. The van der Waals surface area contributed by atoms with E-state index in [9.17, 15) is 4.79 Å². The molecule has 1 fully saturated rings. The number of hydrogen-bond acceptors (Lipinski definition) is 4. The molecule has 7 nitrogen and oxygen atoms in total. The van der Waals surface area contributed by atoms with E-state index in [1.807, 2.05) is 36.0 Å². The number of aryl methyl sites for hydroxylation is 1. The zero-order valence-electron chi connectivity index (χ0n) is 13.7. The van der Waals surface area contributed by atoms with Crippen LogP contribution in [0.4, 0.5) is 0 Å². The van der Waals surface area contributed by atoms with Gasteiger partial charge in [-0.15, -0.1) is 0 Å². The third-order valence-corrected chi connectivity index (χ3v) is 4.69. The van der Waals surface area contributed by atoms with Crippen molar-refractivity contribution in [3.8, 4) is 0 Å². The van der Waals surface area contributed by atoms with E-state index in [0.717, 1.165) is 29.8 Å². The Bertz CT molecular complexity index is 849. The van der Waals surface area contributed by atoms with Gasteiger partial charge in [0.2, 0.25) is 0 Å². The van der Waals surface area contributed by atoms with Gasteiger partial charge >= 0.3 is 0 Å². The van der Waals surface area contributed by atoms with Crippen LogP contribution in [-0.4, -0.2) is 56.5 Å². The second kappa shape index (κ2) is 5.76. The third kappa shape index (κ3) is 2.56. The molecule has 4 heterocycles. The van der Waals surface area contributed by atoms with Gasteiger partial charge in [0.15, 0.2) is 0 Å². The average molecular weight is 324 g/mol. The minimum absolute atomic E-state index is 0.0530. The molecule has 7 heteroatoms. The Morgan fingerprint density at radius 3 is 3.00 bits per heavy atom. The van der Waals surface area contributed by atoms with Crippen LogP contribution in [0.2, 0.25) is 0 Å². The lowest BCUT2D eigenvalue weighted by atomic mass is 10.00. The molecule has 2 atom stereocenters. The molecule has 0 radical (unpaired) electrons. The highest BCUT2D eigenvalue weighted by atomic mass is 16.2. The number of fused-ring (bicyclic) bond motifs is 1. The van der Waals surface area contributed by atoms with Gasteiger partial charge in [-0.05, 0) is 25.2 Å². The molecular weight excluding hydrogens is 304 g/mol. The number of carbonyl (C=O) groups excluding carboxylic acids is 1. The fourth-order valence-electron chi connectivity index (χ4n) is 3.50. The van der Waals surface area contributed by atoms with Gasteiger partial charge in [-0.3, -0.25) is 4.79 Å². The number of H-pyrrole nitrogens is 1. The Balaban J connectivity index is 1.56. The van der Waals surface area contributed by atoms with Crippen molar-refractivity contribution in [3.05, 3.63) is 48.3 Å². The van der Waals surface area contributed by atoms with Crippen LogP contribution in [0.25, 0.3) is 11.0 Å². The zero-order chi connectivity index (χ0) is 16.7. The maximum Gasteiger partial charge on any atom is 0.268 e. The Labute approximate surface area is 139 Å². The van der Waals surface area contributed by atoms with Crippen molar-refractivity contribution in [2.75, 3.05) is 20.1 Å². The van der Waals surface area contributed by atoms with E-state index >= 15 is 0 Å². The molecule has 1 aliphatic heterocycles. The second-order valence-electron chi connectivity index (χ2n) is 6.46. The molecule has 4 rings (SSSR count). The van der Waals surface area contributed by atoms with Gasteiger partial charge in [-0.2, -0.15) is 0 Å². The molecule has 0 unspecified atom stereocenters. The van der Waals surface area contributed by atoms with E-state index in [-0.39, 0.29) is 17.9 Å². The van der Waals surface area contributed by atoms with Crippen molar-refractivity contribution in [1.82, 2.24) is 29.7 Å². The molecule has 3 aromatic rings. The number of imidazole rings is 1. The maximum absolute atomic E-state index is 12.7. The number of carbonyl (C=O) groups is 1. The van der Waals surface area contributed by atoms with Crippen LogP contribution in [0.15, 0.2) is 36.9 Å². The summed E-state index contributed by atoms with van der Waals surface area (Å²) >= 11 is 0. The van der Waals surface area contributed by atoms with Gasteiger partial charge in [0.25, 0.3) is 5.91 Å². The third-order valence-electron chi connectivity index (χ3n) is 4.69. The quantitative estimate of drug-likeness (QED) is 0.757. The molecular formula is C17H20N6O. The number of likely N-dealkylation sites (tertiary alicyclic amines) is 1. The zero-order valence-corrected chi connectivity index (χ0v) is 13.7. The number of nitrogens with zero attached hydrogens (tertiary/aromatic N) is 4. The Hall–Kier alpha value is -2.67. The molecule has 0 saturated carbocycles. The average Bonchev–Trinajstić information content (AvgIpc) is 3.25. The smallest absolute Gasteiger partial charge is 0.268 e. The van der Waals surface area contributed by atoms with Crippen LogP contribution < -0.4 is 5.32 Å². The first-order valence-electron chi connectivity index (χ1n) is 8.01. The number of aromatic amines is 1.